The van der Waals surface area contributed by atoms with Crippen molar-refractivity contribution in [3.8, 4) is 0 Å². The summed E-state index contributed by atoms with van der Waals surface area (Å²) in [6, 6.07) is 1.90. The first-order chi connectivity index (χ1) is 7.06. The van der Waals surface area contributed by atoms with Crippen molar-refractivity contribution in [3.05, 3.63) is 21.9 Å². The normalized spacial score (nSPS) is 10.0. The highest BCUT2D eigenvalue weighted by Crippen LogP contribution is 2.18. The van der Waals surface area contributed by atoms with Gasteiger partial charge in [0, 0.05) is 7.05 Å². The zero-order valence-electron chi connectivity index (χ0n) is 8.69. The van der Waals surface area contributed by atoms with Gasteiger partial charge in [0.2, 0.25) is 0 Å². The Labute approximate surface area is 92.1 Å². The van der Waals surface area contributed by atoms with Crippen LogP contribution >= 0.6 is 11.3 Å². The number of carboxylic acids is 1. The monoisotopic (exact) mass is 227 g/mol. The topological polar surface area (TPSA) is 57.6 Å². The van der Waals surface area contributed by atoms with Gasteiger partial charge in [-0.2, -0.15) is 0 Å². The Bertz CT molecular complexity index is 372. The maximum atomic E-state index is 11.8. The number of amides is 1. The minimum Gasteiger partial charge on any atom is -0.480 e. The molecule has 0 aliphatic rings. The molecule has 1 heterocycles. The molecule has 0 spiro atoms. The van der Waals surface area contributed by atoms with Crippen LogP contribution in [0.4, 0.5) is 0 Å². The van der Waals surface area contributed by atoms with Crippen LogP contribution in [0.3, 0.4) is 0 Å². The third-order valence-electron chi connectivity index (χ3n) is 2.04. The molecule has 0 fully saturated rings. The first-order valence-corrected chi connectivity index (χ1v) is 5.47. The van der Waals surface area contributed by atoms with E-state index in [1.807, 2.05) is 18.4 Å². The van der Waals surface area contributed by atoms with Crippen molar-refractivity contribution in [2.75, 3.05) is 13.6 Å². The predicted molar refractivity (Wildman–Crippen MR) is 58.3 cm³/mol. The van der Waals surface area contributed by atoms with E-state index in [1.54, 1.807) is 0 Å². The van der Waals surface area contributed by atoms with E-state index in [1.165, 1.54) is 23.3 Å². The highest BCUT2D eigenvalue weighted by molar-refractivity contribution is 7.12. The summed E-state index contributed by atoms with van der Waals surface area (Å²) in [4.78, 5) is 24.1. The summed E-state index contributed by atoms with van der Waals surface area (Å²) in [5, 5.41) is 10.4. The number of aliphatic carboxylic acids is 1. The Balaban J connectivity index is 2.80. The van der Waals surface area contributed by atoms with Gasteiger partial charge in [-0.05, 0) is 23.4 Å². The minimum absolute atomic E-state index is 0.218. The zero-order chi connectivity index (χ0) is 11.4. The molecule has 0 radical (unpaired) electrons. The molecule has 1 aromatic heterocycles. The molecule has 0 unspecified atom stereocenters. The van der Waals surface area contributed by atoms with E-state index in [0.717, 1.165) is 12.0 Å². The standard InChI is InChI=1S/C10H13NO3S/c1-3-7-4-5-15-9(7)10(14)11(2)6-8(12)13/h4-5H,3,6H2,1-2H3,(H,12,13). The number of hydrogen-bond donors (Lipinski definition) is 1. The van der Waals surface area contributed by atoms with Crippen LogP contribution in [0, 0.1) is 0 Å². The highest BCUT2D eigenvalue weighted by atomic mass is 32.1. The van der Waals surface area contributed by atoms with E-state index in [-0.39, 0.29) is 12.5 Å². The van der Waals surface area contributed by atoms with E-state index in [4.69, 9.17) is 5.11 Å². The van der Waals surface area contributed by atoms with Gasteiger partial charge < -0.3 is 10.0 Å². The van der Waals surface area contributed by atoms with Crippen molar-refractivity contribution in [2.45, 2.75) is 13.3 Å². The molecule has 0 bridgehead atoms. The lowest BCUT2D eigenvalue weighted by Crippen LogP contribution is -2.31. The van der Waals surface area contributed by atoms with Crippen molar-refractivity contribution in [1.29, 1.82) is 0 Å². The molecule has 1 N–H and O–H groups in total. The van der Waals surface area contributed by atoms with Gasteiger partial charge in [-0.3, -0.25) is 9.59 Å². The number of carboxylic acid groups (broad SMARTS) is 1. The van der Waals surface area contributed by atoms with Crippen LogP contribution < -0.4 is 0 Å². The van der Waals surface area contributed by atoms with Crippen molar-refractivity contribution < 1.29 is 14.7 Å². The maximum absolute atomic E-state index is 11.8. The van der Waals surface area contributed by atoms with Crippen molar-refractivity contribution in [1.82, 2.24) is 4.90 Å². The number of carbonyl (C=O) groups is 2. The summed E-state index contributed by atoms with van der Waals surface area (Å²) in [6.07, 6.45) is 0.783. The molecule has 1 amide bonds. The average molecular weight is 227 g/mol. The molecule has 1 rings (SSSR count). The fourth-order valence-electron chi connectivity index (χ4n) is 1.25. The molecular weight excluding hydrogens is 214 g/mol. The molecule has 15 heavy (non-hydrogen) atoms. The van der Waals surface area contributed by atoms with Gasteiger partial charge in [-0.25, -0.2) is 0 Å². The first-order valence-electron chi connectivity index (χ1n) is 4.59. The summed E-state index contributed by atoms with van der Waals surface area (Å²) < 4.78 is 0. The van der Waals surface area contributed by atoms with Crippen LogP contribution in [0.15, 0.2) is 11.4 Å². The van der Waals surface area contributed by atoms with E-state index in [9.17, 15) is 9.59 Å². The fourth-order valence-corrected chi connectivity index (χ4v) is 2.24. The van der Waals surface area contributed by atoms with Gasteiger partial charge >= 0.3 is 5.97 Å². The Morgan fingerprint density at radius 3 is 2.73 bits per heavy atom. The molecule has 4 nitrogen and oxygen atoms in total. The van der Waals surface area contributed by atoms with Crippen LogP contribution in [-0.2, 0) is 11.2 Å². The Kier molecular flexibility index (Phi) is 3.85. The number of carbonyl (C=O) groups excluding carboxylic acids is 1. The molecular formula is C10H13NO3S. The van der Waals surface area contributed by atoms with E-state index < -0.39 is 5.97 Å². The van der Waals surface area contributed by atoms with Crippen molar-refractivity contribution >= 4 is 23.2 Å². The van der Waals surface area contributed by atoms with E-state index in [2.05, 4.69) is 0 Å². The number of hydrogen-bond acceptors (Lipinski definition) is 3. The lowest BCUT2D eigenvalue weighted by atomic mass is 10.2. The zero-order valence-corrected chi connectivity index (χ0v) is 9.50. The van der Waals surface area contributed by atoms with E-state index in [0.29, 0.717) is 4.88 Å². The van der Waals surface area contributed by atoms with Crippen LogP contribution in [0.2, 0.25) is 0 Å². The van der Waals surface area contributed by atoms with Gasteiger partial charge in [-0.1, -0.05) is 6.92 Å². The largest absolute Gasteiger partial charge is 0.480 e. The first kappa shape index (κ1) is 11.7. The molecule has 0 aliphatic heterocycles. The number of nitrogens with zero attached hydrogens (tertiary/aromatic N) is 1. The van der Waals surface area contributed by atoms with Crippen LogP contribution in [0.1, 0.15) is 22.2 Å². The van der Waals surface area contributed by atoms with Crippen molar-refractivity contribution in [3.63, 3.8) is 0 Å². The second kappa shape index (κ2) is 4.93. The average Bonchev–Trinajstić information content (AvgIpc) is 2.62. The molecule has 82 valence electrons. The Morgan fingerprint density at radius 1 is 1.53 bits per heavy atom. The summed E-state index contributed by atoms with van der Waals surface area (Å²) in [6.45, 7) is 1.70. The predicted octanol–water partition coefficient (Wildman–Crippen LogP) is 1.47. The van der Waals surface area contributed by atoms with Crippen molar-refractivity contribution in [2.24, 2.45) is 0 Å². The lowest BCUT2D eigenvalue weighted by Gasteiger charge is -2.14. The van der Waals surface area contributed by atoms with Gasteiger partial charge in [0.25, 0.3) is 5.91 Å². The molecule has 0 atom stereocenters. The smallest absolute Gasteiger partial charge is 0.323 e. The Morgan fingerprint density at radius 2 is 2.20 bits per heavy atom. The quantitative estimate of drug-likeness (QED) is 0.847. The molecule has 1 aromatic rings. The molecule has 0 saturated carbocycles. The van der Waals surface area contributed by atoms with Crippen LogP contribution in [-0.4, -0.2) is 35.5 Å². The molecule has 0 aromatic carbocycles. The molecule has 0 aliphatic carbocycles. The molecule has 0 saturated heterocycles. The van der Waals surface area contributed by atoms with Gasteiger partial charge in [-0.15, -0.1) is 11.3 Å². The number of likely N-dealkylation sites (N-methyl/N-ethyl adjacent to an activating group) is 1. The van der Waals surface area contributed by atoms with Gasteiger partial charge in [0.05, 0.1) is 4.88 Å². The SMILES string of the molecule is CCc1ccsc1C(=O)N(C)CC(=O)O. The van der Waals surface area contributed by atoms with Gasteiger partial charge in [0.15, 0.2) is 0 Å². The third-order valence-corrected chi connectivity index (χ3v) is 2.99. The lowest BCUT2D eigenvalue weighted by molar-refractivity contribution is -0.137. The number of aryl methyl sites for hydroxylation is 1. The highest BCUT2D eigenvalue weighted by Gasteiger charge is 2.17. The summed E-state index contributed by atoms with van der Waals surface area (Å²) >= 11 is 1.35. The second-order valence-corrected chi connectivity index (χ2v) is 4.10. The number of thiophene rings is 1. The van der Waals surface area contributed by atoms with Crippen LogP contribution in [0.25, 0.3) is 0 Å². The minimum atomic E-state index is -1.000. The summed E-state index contributed by atoms with van der Waals surface area (Å²) in [5.41, 5.74) is 0.974. The third kappa shape index (κ3) is 2.79. The second-order valence-electron chi connectivity index (χ2n) is 3.18. The fraction of sp³-hybridized carbons (Fsp3) is 0.400. The van der Waals surface area contributed by atoms with E-state index >= 15 is 0 Å². The van der Waals surface area contributed by atoms with Gasteiger partial charge in [0.1, 0.15) is 6.54 Å². The summed E-state index contributed by atoms with van der Waals surface area (Å²) in [7, 11) is 1.50. The maximum Gasteiger partial charge on any atom is 0.323 e. The Hall–Kier alpha value is -1.36. The summed E-state index contributed by atoms with van der Waals surface area (Å²) in [5.74, 6) is -1.22. The number of rotatable bonds is 4. The molecule has 5 heteroatoms. The van der Waals surface area contributed by atoms with Crippen LogP contribution in [0.5, 0.6) is 0 Å².